The molecule has 0 radical (unpaired) electrons. The van der Waals surface area contributed by atoms with Gasteiger partial charge in [-0.25, -0.2) is 0 Å². The highest BCUT2D eigenvalue weighted by Crippen LogP contribution is 2.38. The van der Waals surface area contributed by atoms with E-state index in [2.05, 4.69) is 31.1 Å². The number of aromatic nitrogens is 8. The fourth-order valence-electron chi connectivity index (χ4n) is 4.56. The second-order valence-corrected chi connectivity index (χ2v) is 11.6. The Morgan fingerprint density at radius 2 is 1.00 bits per heavy atom. The monoisotopic (exact) mass is 552 g/mol. The van der Waals surface area contributed by atoms with Crippen LogP contribution in [0.15, 0.2) is 71.0 Å². The molecule has 12 heteroatoms. The summed E-state index contributed by atoms with van der Waals surface area (Å²) in [6.07, 6.45) is 4.69. The molecule has 2 saturated carbocycles. The predicted octanol–water partition coefficient (Wildman–Crippen LogP) is 3.55. The van der Waals surface area contributed by atoms with Crippen molar-refractivity contribution in [2.75, 3.05) is 24.7 Å². The molecule has 0 bridgehead atoms. The van der Waals surface area contributed by atoms with Crippen molar-refractivity contribution in [1.82, 2.24) is 40.4 Å². The molecule has 0 aliphatic heterocycles. The first-order valence-electron chi connectivity index (χ1n) is 12.9. The van der Waals surface area contributed by atoms with Crippen LogP contribution in [0.5, 0.6) is 0 Å². The van der Waals surface area contributed by atoms with Crippen LogP contribution >= 0.6 is 23.5 Å². The van der Waals surface area contributed by atoms with Crippen molar-refractivity contribution in [1.29, 1.82) is 0 Å². The maximum absolute atomic E-state index is 9.19. The summed E-state index contributed by atoms with van der Waals surface area (Å²) in [6.45, 7) is 0.601. The van der Waals surface area contributed by atoms with Gasteiger partial charge in [0.05, 0.1) is 11.4 Å². The summed E-state index contributed by atoms with van der Waals surface area (Å²) in [6, 6.07) is 19.8. The van der Waals surface area contributed by atoms with E-state index >= 15 is 0 Å². The first kappa shape index (κ1) is 26.8. The molecule has 2 aliphatic rings. The molecule has 2 aromatic carbocycles. The Hall–Kier alpha value is -2.80. The van der Waals surface area contributed by atoms with E-state index < -0.39 is 0 Å². The molecule has 38 heavy (non-hydrogen) atoms. The highest BCUT2D eigenvalue weighted by Gasteiger charge is 2.31. The molecular formula is C26H32N8O2S2. The van der Waals surface area contributed by atoms with Gasteiger partial charge in [-0.2, -0.15) is 9.36 Å². The molecule has 10 nitrogen and oxygen atoms in total. The molecule has 6 rings (SSSR count). The lowest BCUT2D eigenvalue weighted by Gasteiger charge is -2.34. The van der Waals surface area contributed by atoms with Gasteiger partial charge in [0.25, 0.3) is 0 Å². The number of nitrogens with zero attached hydrogens (tertiary/aromatic N) is 8. The summed E-state index contributed by atoms with van der Waals surface area (Å²) in [5.41, 5.74) is 1.95. The summed E-state index contributed by atoms with van der Waals surface area (Å²) >= 11 is 3.33. The fraction of sp³-hybridized carbons (Fsp3) is 0.462. The van der Waals surface area contributed by atoms with E-state index in [1.807, 2.05) is 60.7 Å². The molecule has 2 N–H and O–H groups in total. The average Bonchev–Trinajstić information content (AvgIpc) is 3.60. The van der Waals surface area contributed by atoms with Crippen molar-refractivity contribution < 1.29 is 10.2 Å². The van der Waals surface area contributed by atoms with E-state index in [0.29, 0.717) is 36.9 Å². The van der Waals surface area contributed by atoms with Crippen LogP contribution in [0.4, 0.5) is 0 Å². The van der Waals surface area contributed by atoms with E-state index in [-0.39, 0.29) is 0 Å². The molecule has 4 atom stereocenters. The van der Waals surface area contributed by atoms with Crippen molar-refractivity contribution >= 4 is 23.5 Å². The predicted molar refractivity (Wildman–Crippen MR) is 146 cm³/mol. The number of rotatable bonds is 10. The second kappa shape index (κ2) is 13.3. The highest BCUT2D eigenvalue weighted by atomic mass is 32.2. The maximum Gasteiger partial charge on any atom is 0.214 e. The van der Waals surface area contributed by atoms with Crippen molar-refractivity contribution in [3.05, 3.63) is 60.7 Å². The molecule has 0 amide bonds. The molecule has 4 aromatic rings. The third kappa shape index (κ3) is 6.42. The van der Waals surface area contributed by atoms with Gasteiger partial charge in [-0.3, -0.25) is 0 Å². The number of hydrogen-bond acceptors (Lipinski definition) is 10. The Kier molecular flexibility index (Phi) is 9.39. The zero-order valence-electron chi connectivity index (χ0n) is 21.0. The minimum absolute atomic E-state index is 0.300. The molecular weight excluding hydrogens is 520 g/mol. The minimum atomic E-state index is 0.300. The SMILES string of the molecule is OC[C@@H]1CC[C@H]1CSc1nnnn1-c1ccccc1.OC[C@H]1CC[C@@H]1CSc1nnnn1-c1ccccc1. The standard InChI is InChI=1S/2C13H16N4OS/c2*18-8-10-6-7-11(10)9-19-13-14-15-16-17(13)12-4-2-1-3-5-12/h2*1-5,10-11,18H,6-9H2/t2*10-,11-/m10/s1. The van der Waals surface area contributed by atoms with Crippen molar-refractivity contribution in [2.24, 2.45) is 23.7 Å². The largest absolute Gasteiger partial charge is 0.396 e. The minimum Gasteiger partial charge on any atom is -0.396 e. The molecule has 0 unspecified atom stereocenters. The Morgan fingerprint density at radius 3 is 1.34 bits per heavy atom. The van der Waals surface area contributed by atoms with Gasteiger partial charge in [-0.05, 0) is 94.5 Å². The van der Waals surface area contributed by atoms with Crippen molar-refractivity contribution in [3.8, 4) is 11.4 Å². The highest BCUT2D eigenvalue weighted by molar-refractivity contribution is 7.99. The quantitative estimate of drug-likeness (QED) is 0.282. The number of tetrazole rings is 2. The number of thioether (sulfide) groups is 2. The van der Waals surface area contributed by atoms with Crippen LogP contribution in [-0.2, 0) is 0 Å². The third-order valence-corrected chi connectivity index (χ3v) is 9.57. The number of hydrogen-bond donors (Lipinski definition) is 2. The lowest BCUT2D eigenvalue weighted by Crippen LogP contribution is -2.30. The van der Waals surface area contributed by atoms with Gasteiger partial charge >= 0.3 is 0 Å². The molecule has 2 fully saturated rings. The summed E-state index contributed by atoms with van der Waals surface area (Å²) in [7, 11) is 0. The summed E-state index contributed by atoms with van der Waals surface area (Å²) in [4.78, 5) is 0. The summed E-state index contributed by atoms with van der Waals surface area (Å²) in [5.74, 6) is 4.06. The number of para-hydroxylation sites is 2. The van der Waals surface area contributed by atoms with E-state index in [1.165, 1.54) is 12.8 Å². The zero-order valence-corrected chi connectivity index (χ0v) is 22.7. The molecule has 0 saturated heterocycles. The Labute approximate surface area is 230 Å². The van der Waals surface area contributed by atoms with Gasteiger partial charge in [-0.15, -0.1) is 10.2 Å². The lowest BCUT2D eigenvalue weighted by atomic mass is 9.75. The van der Waals surface area contributed by atoms with Gasteiger partial charge in [0.2, 0.25) is 10.3 Å². The normalized spacial score (nSPS) is 22.2. The second-order valence-electron chi connectivity index (χ2n) is 9.60. The fourth-order valence-corrected chi connectivity index (χ4v) is 6.88. The topological polar surface area (TPSA) is 128 Å². The van der Waals surface area contributed by atoms with Crippen LogP contribution in [0, 0.1) is 23.7 Å². The zero-order chi connectivity index (χ0) is 26.2. The number of aliphatic hydroxyl groups excluding tert-OH is 2. The van der Waals surface area contributed by atoms with Crippen LogP contribution in [0.1, 0.15) is 25.7 Å². The molecule has 2 heterocycles. The van der Waals surface area contributed by atoms with Gasteiger partial charge in [-0.1, -0.05) is 59.9 Å². The Bertz CT molecular complexity index is 1150. The van der Waals surface area contributed by atoms with E-state index in [0.717, 1.165) is 46.0 Å². The summed E-state index contributed by atoms with van der Waals surface area (Å²) < 4.78 is 3.52. The summed E-state index contributed by atoms with van der Waals surface area (Å²) in [5, 5.41) is 43.7. The molecule has 0 spiro atoms. The van der Waals surface area contributed by atoms with Gasteiger partial charge in [0.1, 0.15) is 0 Å². The van der Waals surface area contributed by atoms with Crippen LogP contribution in [0.25, 0.3) is 11.4 Å². The van der Waals surface area contributed by atoms with Crippen LogP contribution in [0.2, 0.25) is 0 Å². The Balaban J connectivity index is 0.000000155. The molecule has 2 aliphatic carbocycles. The number of aliphatic hydroxyl groups is 2. The average molecular weight is 553 g/mol. The van der Waals surface area contributed by atoms with E-state index in [4.69, 9.17) is 0 Å². The number of benzene rings is 2. The third-order valence-electron chi connectivity index (χ3n) is 7.36. The smallest absolute Gasteiger partial charge is 0.214 e. The van der Waals surface area contributed by atoms with Crippen molar-refractivity contribution in [3.63, 3.8) is 0 Å². The van der Waals surface area contributed by atoms with Crippen LogP contribution in [-0.4, -0.2) is 75.3 Å². The van der Waals surface area contributed by atoms with Crippen molar-refractivity contribution in [2.45, 2.75) is 36.0 Å². The van der Waals surface area contributed by atoms with Crippen LogP contribution < -0.4 is 0 Å². The Morgan fingerprint density at radius 1 is 0.605 bits per heavy atom. The van der Waals surface area contributed by atoms with Crippen LogP contribution in [0.3, 0.4) is 0 Å². The van der Waals surface area contributed by atoms with Gasteiger partial charge < -0.3 is 10.2 Å². The van der Waals surface area contributed by atoms with E-state index in [9.17, 15) is 10.2 Å². The molecule has 200 valence electrons. The lowest BCUT2D eigenvalue weighted by molar-refractivity contribution is 0.106. The van der Waals surface area contributed by atoms with E-state index in [1.54, 1.807) is 32.9 Å². The van der Waals surface area contributed by atoms with Gasteiger partial charge in [0, 0.05) is 24.7 Å². The first-order valence-corrected chi connectivity index (χ1v) is 14.9. The molecule has 2 aromatic heterocycles. The first-order chi connectivity index (χ1) is 18.8. The maximum atomic E-state index is 9.19. The van der Waals surface area contributed by atoms with Gasteiger partial charge in [0.15, 0.2) is 0 Å².